The van der Waals surface area contributed by atoms with E-state index in [1.165, 1.54) is 12.3 Å². The Labute approximate surface area is 79.9 Å². The third kappa shape index (κ3) is 0.849. The summed E-state index contributed by atoms with van der Waals surface area (Å²) in [5.74, 6) is 0.494. The largest absolute Gasteiger partial charge is 0.269 e. The molecular formula is C10H7N3O. The van der Waals surface area contributed by atoms with Crippen LogP contribution in [0.3, 0.4) is 0 Å². The molecule has 3 rings (SSSR count). The van der Waals surface area contributed by atoms with Crippen molar-refractivity contribution in [3.63, 3.8) is 0 Å². The maximum Gasteiger partial charge on any atom is 0.255 e. The molecule has 1 unspecified atom stereocenters. The minimum atomic E-state index is -0.0591. The third-order valence-corrected chi connectivity index (χ3v) is 2.34. The summed E-state index contributed by atoms with van der Waals surface area (Å²) in [6.45, 7) is 0. The summed E-state index contributed by atoms with van der Waals surface area (Å²) in [4.78, 5) is 19.9. The highest BCUT2D eigenvalue weighted by atomic mass is 16.1. The van der Waals surface area contributed by atoms with Gasteiger partial charge in [-0.3, -0.25) is 9.36 Å². The van der Waals surface area contributed by atoms with Gasteiger partial charge in [0, 0.05) is 12.3 Å². The van der Waals surface area contributed by atoms with Crippen molar-refractivity contribution in [1.82, 2.24) is 9.55 Å². The van der Waals surface area contributed by atoms with Gasteiger partial charge >= 0.3 is 0 Å². The van der Waals surface area contributed by atoms with Crippen LogP contribution in [0.2, 0.25) is 0 Å². The number of hydrogen-bond donors (Lipinski definition) is 0. The maximum atomic E-state index is 11.6. The normalized spacial score (nSPS) is 21.7. The Balaban J connectivity index is 2.30. The number of hydrogen-bond acceptors (Lipinski definition) is 3. The smallest absolute Gasteiger partial charge is 0.255 e. The van der Waals surface area contributed by atoms with Gasteiger partial charge in [-0.15, -0.1) is 0 Å². The quantitative estimate of drug-likeness (QED) is 0.605. The molecule has 1 aliphatic carbocycles. The number of rotatable bonds is 0. The summed E-state index contributed by atoms with van der Waals surface area (Å²) < 4.78 is 1.59. The Morgan fingerprint density at radius 1 is 1.36 bits per heavy atom. The van der Waals surface area contributed by atoms with Crippen LogP contribution in [-0.2, 0) is 0 Å². The van der Waals surface area contributed by atoms with Gasteiger partial charge in [0.2, 0.25) is 5.95 Å². The molecule has 1 aromatic heterocycles. The third-order valence-electron chi connectivity index (χ3n) is 2.34. The first-order valence-electron chi connectivity index (χ1n) is 4.37. The summed E-state index contributed by atoms with van der Waals surface area (Å²) in [7, 11) is 0. The van der Waals surface area contributed by atoms with Crippen LogP contribution in [0, 0.1) is 0 Å². The molecule has 0 aromatic carbocycles. The van der Waals surface area contributed by atoms with Crippen LogP contribution < -0.4 is 5.56 Å². The second-order valence-electron chi connectivity index (χ2n) is 3.18. The van der Waals surface area contributed by atoms with Gasteiger partial charge in [0.05, 0.1) is 5.71 Å². The van der Waals surface area contributed by atoms with E-state index in [4.69, 9.17) is 0 Å². The van der Waals surface area contributed by atoms with E-state index in [0.717, 1.165) is 5.71 Å². The first-order chi connectivity index (χ1) is 6.86. The fraction of sp³-hybridized carbons (Fsp3) is 0.100. The molecule has 1 aromatic rings. The zero-order valence-electron chi connectivity index (χ0n) is 7.29. The fourth-order valence-corrected chi connectivity index (χ4v) is 1.71. The molecule has 0 radical (unpaired) electrons. The van der Waals surface area contributed by atoms with Crippen molar-refractivity contribution in [3.8, 4) is 0 Å². The first kappa shape index (κ1) is 7.44. The molecule has 4 nitrogen and oxygen atoms in total. The molecular weight excluding hydrogens is 178 g/mol. The predicted molar refractivity (Wildman–Crippen MR) is 52.9 cm³/mol. The Morgan fingerprint density at radius 3 is 3.21 bits per heavy atom. The number of nitrogens with zero attached hydrogens (tertiary/aromatic N) is 3. The maximum absolute atomic E-state index is 11.6. The predicted octanol–water partition coefficient (Wildman–Crippen LogP) is 0.996. The average Bonchev–Trinajstić information content (AvgIpc) is 2.57. The molecule has 0 bridgehead atoms. The van der Waals surface area contributed by atoms with Gasteiger partial charge in [-0.2, -0.15) is 0 Å². The summed E-state index contributed by atoms with van der Waals surface area (Å²) in [5, 5.41) is 0. The van der Waals surface area contributed by atoms with Crippen molar-refractivity contribution in [2.24, 2.45) is 4.99 Å². The van der Waals surface area contributed by atoms with Crippen LogP contribution in [0.1, 0.15) is 6.04 Å². The van der Waals surface area contributed by atoms with Crippen LogP contribution >= 0.6 is 0 Å². The Kier molecular flexibility index (Phi) is 1.33. The summed E-state index contributed by atoms with van der Waals surface area (Å²) in [6.07, 6.45) is 9.16. The van der Waals surface area contributed by atoms with Crippen LogP contribution in [-0.4, -0.2) is 15.3 Å². The van der Waals surface area contributed by atoms with E-state index in [1.807, 2.05) is 24.3 Å². The van der Waals surface area contributed by atoms with E-state index in [2.05, 4.69) is 9.98 Å². The highest BCUT2D eigenvalue weighted by Crippen LogP contribution is 2.26. The van der Waals surface area contributed by atoms with Crippen molar-refractivity contribution in [2.45, 2.75) is 6.04 Å². The summed E-state index contributed by atoms with van der Waals surface area (Å²) in [5.41, 5.74) is 0.821. The lowest BCUT2D eigenvalue weighted by Gasteiger charge is -2.11. The van der Waals surface area contributed by atoms with Gasteiger partial charge in [-0.05, 0) is 6.08 Å². The Hall–Kier alpha value is -1.97. The monoisotopic (exact) mass is 185 g/mol. The highest BCUT2D eigenvalue weighted by molar-refractivity contribution is 6.03. The topological polar surface area (TPSA) is 47.2 Å². The summed E-state index contributed by atoms with van der Waals surface area (Å²) in [6, 6.07) is 1.39. The number of aromatic nitrogens is 2. The van der Waals surface area contributed by atoms with Crippen molar-refractivity contribution in [1.29, 1.82) is 0 Å². The molecule has 0 saturated carbocycles. The van der Waals surface area contributed by atoms with E-state index in [0.29, 0.717) is 5.95 Å². The van der Waals surface area contributed by atoms with Gasteiger partial charge in [0.25, 0.3) is 5.56 Å². The number of fused-ring (bicyclic) bond motifs is 3. The molecule has 0 fully saturated rings. The SMILES string of the molecule is O=c1ccnc2n1C1C=CC=CC1=N2. The number of allylic oxidation sites excluding steroid dienone is 4. The lowest BCUT2D eigenvalue weighted by molar-refractivity contribution is 0.738. The second kappa shape index (κ2) is 2.51. The van der Waals surface area contributed by atoms with Crippen LogP contribution in [0.4, 0.5) is 5.95 Å². The molecule has 0 N–H and O–H groups in total. The molecule has 68 valence electrons. The van der Waals surface area contributed by atoms with Gasteiger partial charge in [-0.25, -0.2) is 9.98 Å². The first-order valence-corrected chi connectivity index (χ1v) is 4.37. The van der Waals surface area contributed by atoms with E-state index in [1.54, 1.807) is 4.57 Å². The molecule has 1 aliphatic heterocycles. The number of aliphatic imine (C=N–C) groups is 1. The Morgan fingerprint density at radius 2 is 2.29 bits per heavy atom. The van der Waals surface area contributed by atoms with Gasteiger partial charge < -0.3 is 0 Å². The molecule has 2 heterocycles. The van der Waals surface area contributed by atoms with E-state index < -0.39 is 0 Å². The van der Waals surface area contributed by atoms with Gasteiger partial charge in [0.15, 0.2) is 0 Å². The lowest BCUT2D eigenvalue weighted by atomic mass is 10.1. The molecule has 2 aliphatic rings. The fourth-order valence-electron chi connectivity index (χ4n) is 1.71. The van der Waals surface area contributed by atoms with Crippen LogP contribution in [0.25, 0.3) is 0 Å². The standard InChI is InChI=1S/C10H7N3O/c14-9-5-6-11-10-12-7-3-1-2-4-8(7)13(9)10/h1-6,8H. The molecule has 0 spiro atoms. The molecule has 0 amide bonds. The van der Waals surface area contributed by atoms with Crippen molar-refractivity contribution in [3.05, 3.63) is 46.9 Å². The van der Waals surface area contributed by atoms with E-state index in [-0.39, 0.29) is 11.6 Å². The zero-order valence-corrected chi connectivity index (χ0v) is 7.29. The van der Waals surface area contributed by atoms with E-state index >= 15 is 0 Å². The average molecular weight is 185 g/mol. The zero-order chi connectivity index (χ0) is 9.54. The van der Waals surface area contributed by atoms with Gasteiger partial charge in [-0.1, -0.05) is 18.2 Å². The minimum Gasteiger partial charge on any atom is -0.269 e. The van der Waals surface area contributed by atoms with Crippen molar-refractivity contribution < 1.29 is 0 Å². The molecule has 0 saturated heterocycles. The van der Waals surface area contributed by atoms with Gasteiger partial charge in [0.1, 0.15) is 6.04 Å². The minimum absolute atomic E-state index is 0.0568. The van der Waals surface area contributed by atoms with Crippen LogP contribution in [0.5, 0.6) is 0 Å². The second-order valence-corrected chi connectivity index (χ2v) is 3.18. The lowest BCUT2D eigenvalue weighted by Crippen LogP contribution is -2.24. The molecule has 1 atom stereocenters. The van der Waals surface area contributed by atoms with Crippen LogP contribution in [0.15, 0.2) is 46.4 Å². The molecule has 14 heavy (non-hydrogen) atoms. The Bertz CT molecular complexity index is 537. The molecule has 4 heteroatoms. The van der Waals surface area contributed by atoms with E-state index in [9.17, 15) is 4.79 Å². The van der Waals surface area contributed by atoms with Crippen molar-refractivity contribution >= 4 is 11.7 Å². The van der Waals surface area contributed by atoms with Crippen molar-refractivity contribution in [2.75, 3.05) is 0 Å². The summed E-state index contributed by atoms with van der Waals surface area (Å²) >= 11 is 0. The highest BCUT2D eigenvalue weighted by Gasteiger charge is 2.25.